The van der Waals surface area contributed by atoms with Crippen molar-refractivity contribution in [1.82, 2.24) is 3.53 Å². The molecule has 9 heavy (non-hydrogen) atoms. The minimum absolute atomic E-state index is 0.0214. The first-order valence-electron chi connectivity index (χ1n) is 2.97. The fourth-order valence-corrected chi connectivity index (χ4v) is 1.53. The molecule has 0 aliphatic rings. The first-order valence-corrected chi connectivity index (χ1v) is 5.13. The molecule has 0 amide bonds. The van der Waals surface area contributed by atoms with Gasteiger partial charge in [-0.1, -0.05) is 0 Å². The molecule has 0 saturated carbocycles. The van der Waals surface area contributed by atoms with Crippen molar-refractivity contribution in [3.63, 3.8) is 0 Å². The van der Waals surface area contributed by atoms with Crippen LogP contribution in [-0.4, -0.2) is 7.05 Å². The summed E-state index contributed by atoms with van der Waals surface area (Å²) in [6.45, 7) is 6.01. The average molecular weight is 238 g/mol. The third kappa shape index (κ3) is 6.05. The summed E-state index contributed by atoms with van der Waals surface area (Å²) in [6, 6.07) is 0. The molecule has 0 aromatic heterocycles. The molecule has 0 fully saturated rings. The molecule has 1 N–H and O–H groups in total. The molecule has 0 aromatic carbocycles. The number of halogens is 1. The van der Waals surface area contributed by atoms with E-state index in [-0.39, 0.29) is 21.5 Å². The number of nitrogens with one attached hydrogen (secondary N) is 1. The van der Waals surface area contributed by atoms with Crippen molar-refractivity contribution in [3.05, 3.63) is 22.3 Å². The Balaban J connectivity index is 3.37. The van der Waals surface area contributed by atoms with Crippen LogP contribution >= 0.6 is 0 Å². The van der Waals surface area contributed by atoms with Gasteiger partial charge in [0.05, 0.1) is 0 Å². The van der Waals surface area contributed by atoms with Crippen molar-refractivity contribution < 1.29 is 21.5 Å². The Morgan fingerprint density at radius 2 is 2.44 bits per heavy atom. The molecule has 0 atom stereocenters. The van der Waals surface area contributed by atoms with Crippen molar-refractivity contribution >= 4 is 0 Å². The molecule has 0 spiro atoms. The Bertz CT molecular complexity index is 107. The standard InChI is InChI=1S/C7H13IN/c1-4-5-6-7(2)8-9-3/h5-6,9H,2,4H2,1,3H3/q-1/b6-5-. The van der Waals surface area contributed by atoms with E-state index in [2.05, 4.69) is 29.2 Å². The predicted molar refractivity (Wildman–Crippen MR) is 37.6 cm³/mol. The summed E-state index contributed by atoms with van der Waals surface area (Å²) in [7, 11) is 1.97. The molecular formula is C7H13IN-. The zero-order valence-corrected chi connectivity index (χ0v) is 8.10. The van der Waals surface area contributed by atoms with Crippen LogP contribution in [-0.2, 0) is 0 Å². The third-order valence-corrected chi connectivity index (χ3v) is 2.34. The molecule has 0 unspecified atom stereocenters. The van der Waals surface area contributed by atoms with E-state index < -0.39 is 0 Å². The zero-order valence-electron chi connectivity index (χ0n) is 5.95. The monoisotopic (exact) mass is 238 g/mol. The third-order valence-electron chi connectivity index (χ3n) is 0.750. The normalized spacial score (nSPS) is 10.9. The van der Waals surface area contributed by atoms with Crippen LogP contribution in [0.5, 0.6) is 0 Å². The van der Waals surface area contributed by atoms with Crippen LogP contribution in [0.15, 0.2) is 22.3 Å². The van der Waals surface area contributed by atoms with Gasteiger partial charge in [-0.15, -0.1) is 0 Å². The molecule has 0 radical (unpaired) electrons. The molecule has 0 aliphatic carbocycles. The van der Waals surface area contributed by atoms with Crippen LogP contribution in [0.3, 0.4) is 0 Å². The van der Waals surface area contributed by atoms with Crippen LogP contribution in [0, 0.1) is 0 Å². The van der Waals surface area contributed by atoms with Crippen LogP contribution in [0.25, 0.3) is 0 Å². The fourth-order valence-electron chi connectivity index (χ4n) is 0.399. The summed E-state index contributed by atoms with van der Waals surface area (Å²) in [4.78, 5) is 0. The van der Waals surface area contributed by atoms with Crippen molar-refractivity contribution in [2.24, 2.45) is 0 Å². The van der Waals surface area contributed by atoms with Gasteiger partial charge < -0.3 is 0 Å². The Labute approximate surface area is 67.8 Å². The van der Waals surface area contributed by atoms with E-state index in [1.165, 1.54) is 3.58 Å². The van der Waals surface area contributed by atoms with Gasteiger partial charge >= 0.3 is 67.7 Å². The van der Waals surface area contributed by atoms with Gasteiger partial charge in [0, 0.05) is 0 Å². The van der Waals surface area contributed by atoms with Crippen molar-refractivity contribution in [1.29, 1.82) is 0 Å². The number of allylic oxidation sites excluding steroid dienone is 3. The topological polar surface area (TPSA) is 12.0 Å². The number of hydrogen-bond acceptors (Lipinski definition) is 1. The molecule has 0 aliphatic heterocycles. The second-order valence-electron chi connectivity index (χ2n) is 1.54. The molecule has 1 nitrogen and oxygen atoms in total. The van der Waals surface area contributed by atoms with Gasteiger partial charge in [0.2, 0.25) is 0 Å². The van der Waals surface area contributed by atoms with Gasteiger partial charge in [-0.05, 0) is 0 Å². The SMILES string of the molecule is C=C(/C=C\CC)[I-]NC. The first-order chi connectivity index (χ1) is 4.31. The molecule has 54 valence electrons. The van der Waals surface area contributed by atoms with Gasteiger partial charge in [-0.25, -0.2) is 0 Å². The second kappa shape index (κ2) is 6.29. The van der Waals surface area contributed by atoms with Gasteiger partial charge in [-0.2, -0.15) is 0 Å². The van der Waals surface area contributed by atoms with E-state index in [1.807, 2.05) is 7.05 Å². The van der Waals surface area contributed by atoms with Crippen LogP contribution in [0.1, 0.15) is 13.3 Å². The first kappa shape index (κ1) is 9.17. The van der Waals surface area contributed by atoms with Crippen molar-refractivity contribution in [2.45, 2.75) is 13.3 Å². The summed E-state index contributed by atoms with van der Waals surface area (Å²) in [5.74, 6) is 0. The molecule has 0 heterocycles. The Morgan fingerprint density at radius 1 is 1.78 bits per heavy atom. The Hall–Kier alpha value is 0.170. The maximum absolute atomic E-state index is 3.88. The van der Waals surface area contributed by atoms with Crippen LogP contribution < -0.4 is 25.0 Å². The molecule has 2 heteroatoms. The summed E-state index contributed by atoms with van der Waals surface area (Å²) < 4.78 is 4.38. The van der Waals surface area contributed by atoms with Gasteiger partial charge in [0.15, 0.2) is 0 Å². The maximum atomic E-state index is 3.88. The quantitative estimate of drug-likeness (QED) is 0.364. The molecule has 0 saturated heterocycles. The fraction of sp³-hybridized carbons (Fsp3) is 0.429. The van der Waals surface area contributed by atoms with E-state index in [4.69, 9.17) is 0 Å². The van der Waals surface area contributed by atoms with E-state index in [0.29, 0.717) is 0 Å². The molecular weight excluding hydrogens is 225 g/mol. The van der Waals surface area contributed by atoms with E-state index in [0.717, 1.165) is 6.42 Å². The van der Waals surface area contributed by atoms with E-state index >= 15 is 0 Å². The average Bonchev–Trinajstić information content (AvgIpc) is 1.85. The summed E-state index contributed by atoms with van der Waals surface area (Å²) in [6.07, 6.45) is 5.34. The molecule has 0 aromatic rings. The number of rotatable bonds is 4. The van der Waals surface area contributed by atoms with Gasteiger partial charge in [-0.3, -0.25) is 0 Å². The van der Waals surface area contributed by atoms with E-state index in [9.17, 15) is 0 Å². The second-order valence-corrected chi connectivity index (χ2v) is 4.54. The zero-order chi connectivity index (χ0) is 7.11. The Morgan fingerprint density at radius 3 is 2.89 bits per heavy atom. The molecule has 0 rings (SSSR count). The van der Waals surface area contributed by atoms with Crippen molar-refractivity contribution in [2.75, 3.05) is 7.05 Å². The summed E-state index contributed by atoms with van der Waals surface area (Å²) in [5.41, 5.74) is 0. The van der Waals surface area contributed by atoms with Crippen LogP contribution in [0.2, 0.25) is 0 Å². The summed E-state index contributed by atoms with van der Waals surface area (Å²) >= 11 is 0.0214. The minimum atomic E-state index is 0.0214. The predicted octanol–water partition coefficient (Wildman–Crippen LogP) is -1.31. The summed E-state index contributed by atoms with van der Waals surface area (Å²) in [5, 5.41) is 0. The van der Waals surface area contributed by atoms with Gasteiger partial charge in [0.25, 0.3) is 0 Å². The van der Waals surface area contributed by atoms with Crippen molar-refractivity contribution in [3.8, 4) is 0 Å². The Kier molecular flexibility index (Phi) is 6.41. The molecule has 0 bridgehead atoms. The van der Waals surface area contributed by atoms with Crippen LogP contribution in [0.4, 0.5) is 0 Å². The number of hydrogen-bond donors (Lipinski definition) is 1. The van der Waals surface area contributed by atoms with Gasteiger partial charge in [0.1, 0.15) is 0 Å². The van der Waals surface area contributed by atoms with E-state index in [1.54, 1.807) is 0 Å².